The summed E-state index contributed by atoms with van der Waals surface area (Å²) in [4.78, 5) is 29.4. The minimum absolute atomic E-state index is 0.0350. The second-order valence-corrected chi connectivity index (χ2v) is 8.59. The Morgan fingerprint density at radius 3 is 2.83 bits per heavy atom. The molecule has 0 N–H and O–H groups in total. The molecule has 0 aromatic heterocycles. The summed E-state index contributed by atoms with van der Waals surface area (Å²) in [5, 5.41) is 2.21. The van der Waals surface area contributed by atoms with Gasteiger partial charge < -0.3 is 19.3 Å². The van der Waals surface area contributed by atoms with Gasteiger partial charge in [0.1, 0.15) is 5.75 Å². The minimum atomic E-state index is -0.634. The number of carbonyl (C=O) groups is 2. The lowest BCUT2D eigenvalue weighted by Gasteiger charge is -2.34. The first kappa shape index (κ1) is 18.4. The molecule has 3 atom stereocenters. The molecule has 3 fully saturated rings. The highest BCUT2D eigenvalue weighted by atomic mass is 16.5. The topological polar surface area (TPSA) is 59.1 Å². The molecule has 2 aromatic rings. The molecule has 3 heterocycles. The second-order valence-electron chi connectivity index (χ2n) is 8.59. The normalized spacial score (nSPS) is 28.3. The Morgan fingerprint density at radius 2 is 2.03 bits per heavy atom. The molecular formula is C23H26N2O4. The average molecular weight is 394 g/mol. The van der Waals surface area contributed by atoms with Crippen molar-refractivity contribution in [2.24, 2.45) is 5.92 Å². The van der Waals surface area contributed by atoms with Crippen LogP contribution in [0.15, 0.2) is 42.5 Å². The highest BCUT2D eigenvalue weighted by Gasteiger charge is 2.65. The summed E-state index contributed by atoms with van der Waals surface area (Å²) >= 11 is 0. The van der Waals surface area contributed by atoms with E-state index in [0.717, 1.165) is 10.8 Å². The lowest BCUT2D eigenvalue weighted by molar-refractivity contribution is -0.142. The SMILES string of the molecule is CC(C)[C@@H]1CO[C@@]23CCN(C(=O)COc4ccc5ccccc5c4)[C@@H]2CC(=O)N13. The van der Waals surface area contributed by atoms with Crippen LogP contribution in [0.2, 0.25) is 0 Å². The van der Waals surface area contributed by atoms with Crippen molar-refractivity contribution in [3.05, 3.63) is 42.5 Å². The predicted octanol–water partition coefficient (Wildman–Crippen LogP) is 2.80. The zero-order valence-corrected chi connectivity index (χ0v) is 16.8. The first-order chi connectivity index (χ1) is 14.0. The standard InChI is InChI=1S/C23H26N2O4/c1-15(2)19-13-29-23-9-10-24(20(23)12-21(26)25(19)23)22(27)14-28-18-8-7-16-5-3-4-6-17(16)11-18/h3-8,11,15,19-20H,9-10,12-14H2,1-2H3/t19-,20+,23-/m0/s1. The van der Waals surface area contributed by atoms with Crippen LogP contribution in [0.5, 0.6) is 5.75 Å². The molecule has 1 spiro atoms. The maximum atomic E-state index is 12.9. The molecule has 3 saturated heterocycles. The molecule has 29 heavy (non-hydrogen) atoms. The second kappa shape index (κ2) is 6.73. The van der Waals surface area contributed by atoms with Crippen LogP contribution in [-0.2, 0) is 14.3 Å². The number of benzene rings is 2. The van der Waals surface area contributed by atoms with Crippen molar-refractivity contribution in [1.29, 1.82) is 0 Å². The van der Waals surface area contributed by atoms with Crippen molar-refractivity contribution < 1.29 is 19.1 Å². The Kier molecular flexibility index (Phi) is 4.28. The van der Waals surface area contributed by atoms with Gasteiger partial charge in [0.25, 0.3) is 5.91 Å². The van der Waals surface area contributed by atoms with Gasteiger partial charge in [-0.3, -0.25) is 9.59 Å². The molecule has 3 aliphatic heterocycles. The van der Waals surface area contributed by atoms with Gasteiger partial charge in [-0.25, -0.2) is 0 Å². The van der Waals surface area contributed by atoms with Crippen molar-refractivity contribution in [1.82, 2.24) is 9.80 Å². The van der Waals surface area contributed by atoms with Crippen molar-refractivity contribution >= 4 is 22.6 Å². The summed E-state index contributed by atoms with van der Waals surface area (Å²) in [7, 11) is 0. The Morgan fingerprint density at radius 1 is 1.24 bits per heavy atom. The molecule has 2 amide bonds. The molecule has 0 aliphatic carbocycles. The van der Waals surface area contributed by atoms with E-state index >= 15 is 0 Å². The van der Waals surface area contributed by atoms with Crippen molar-refractivity contribution in [3.8, 4) is 5.75 Å². The van der Waals surface area contributed by atoms with E-state index < -0.39 is 5.72 Å². The van der Waals surface area contributed by atoms with Crippen LogP contribution < -0.4 is 4.74 Å². The van der Waals surface area contributed by atoms with E-state index in [-0.39, 0.29) is 30.5 Å². The number of fused-ring (bicyclic) bond motifs is 1. The number of ether oxygens (including phenoxy) is 2. The van der Waals surface area contributed by atoms with Crippen LogP contribution in [-0.4, -0.2) is 59.2 Å². The number of likely N-dealkylation sites (tertiary alicyclic amines) is 1. The molecule has 3 aliphatic rings. The lowest BCUT2D eigenvalue weighted by Crippen LogP contribution is -2.51. The molecule has 6 nitrogen and oxygen atoms in total. The van der Waals surface area contributed by atoms with Gasteiger partial charge in [-0.1, -0.05) is 44.2 Å². The first-order valence-corrected chi connectivity index (χ1v) is 10.4. The first-order valence-electron chi connectivity index (χ1n) is 10.4. The number of hydrogen-bond acceptors (Lipinski definition) is 4. The van der Waals surface area contributed by atoms with Gasteiger partial charge in [0.2, 0.25) is 5.91 Å². The third-order valence-corrected chi connectivity index (χ3v) is 6.66. The Balaban J connectivity index is 1.29. The smallest absolute Gasteiger partial charge is 0.260 e. The van der Waals surface area contributed by atoms with E-state index in [1.165, 1.54) is 0 Å². The number of amides is 2. The van der Waals surface area contributed by atoms with E-state index in [2.05, 4.69) is 13.8 Å². The third-order valence-electron chi connectivity index (χ3n) is 6.66. The van der Waals surface area contributed by atoms with Crippen molar-refractivity contribution in [2.75, 3.05) is 19.8 Å². The third kappa shape index (κ3) is 2.81. The fraction of sp³-hybridized carbons (Fsp3) is 0.478. The molecular weight excluding hydrogens is 368 g/mol. The summed E-state index contributed by atoms with van der Waals surface area (Å²) < 4.78 is 12.0. The summed E-state index contributed by atoms with van der Waals surface area (Å²) in [6.45, 7) is 5.34. The molecule has 6 heteroatoms. The van der Waals surface area contributed by atoms with Gasteiger partial charge in [0.15, 0.2) is 12.3 Å². The van der Waals surface area contributed by atoms with E-state index in [0.29, 0.717) is 37.7 Å². The van der Waals surface area contributed by atoms with Crippen molar-refractivity contribution in [2.45, 2.75) is 44.5 Å². The summed E-state index contributed by atoms with van der Waals surface area (Å²) in [5.41, 5.74) is -0.634. The van der Waals surface area contributed by atoms with Crippen LogP contribution in [0.25, 0.3) is 10.8 Å². The van der Waals surface area contributed by atoms with E-state index in [1.807, 2.05) is 47.4 Å². The number of nitrogens with zero attached hydrogens (tertiary/aromatic N) is 2. The molecule has 0 bridgehead atoms. The van der Waals surface area contributed by atoms with Gasteiger partial charge in [0, 0.05) is 13.0 Å². The molecule has 2 aromatic carbocycles. The fourth-order valence-corrected chi connectivity index (χ4v) is 5.15. The van der Waals surface area contributed by atoms with Gasteiger partial charge >= 0.3 is 0 Å². The zero-order chi connectivity index (χ0) is 20.2. The maximum absolute atomic E-state index is 12.9. The number of rotatable bonds is 4. The predicted molar refractivity (Wildman–Crippen MR) is 108 cm³/mol. The average Bonchev–Trinajstić information content (AvgIpc) is 3.35. The monoisotopic (exact) mass is 394 g/mol. The van der Waals surface area contributed by atoms with Crippen LogP contribution in [0.1, 0.15) is 26.7 Å². The quantitative estimate of drug-likeness (QED) is 0.800. The Labute approximate surface area is 170 Å². The van der Waals surface area contributed by atoms with Gasteiger partial charge in [-0.15, -0.1) is 0 Å². The Bertz CT molecular complexity index is 974. The summed E-state index contributed by atoms with van der Waals surface area (Å²) in [5.74, 6) is 1.01. The largest absolute Gasteiger partial charge is 0.484 e. The lowest BCUT2D eigenvalue weighted by atomic mass is 10.0. The van der Waals surface area contributed by atoms with E-state index in [9.17, 15) is 9.59 Å². The highest BCUT2D eigenvalue weighted by molar-refractivity contribution is 5.86. The summed E-state index contributed by atoms with van der Waals surface area (Å²) in [6, 6.07) is 13.7. The Hall–Kier alpha value is -2.60. The van der Waals surface area contributed by atoms with Gasteiger partial charge in [-0.05, 0) is 28.8 Å². The van der Waals surface area contributed by atoms with Crippen LogP contribution >= 0.6 is 0 Å². The maximum Gasteiger partial charge on any atom is 0.260 e. The summed E-state index contributed by atoms with van der Waals surface area (Å²) in [6.07, 6.45) is 1.01. The molecule has 5 rings (SSSR count). The zero-order valence-electron chi connectivity index (χ0n) is 16.8. The number of carbonyl (C=O) groups excluding carboxylic acids is 2. The highest BCUT2D eigenvalue weighted by Crippen LogP contribution is 2.48. The van der Waals surface area contributed by atoms with Crippen LogP contribution in [0.4, 0.5) is 0 Å². The van der Waals surface area contributed by atoms with E-state index in [1.54, 1.807) is 4.90 Å². The molecule has 0 saturated carbocycles. The number of hydrogen-bond donors (Lipinski definition) is 0. The minimum Gasteiger partial charge on any atom is -0.484 e. The fourth-order valence-electron chi connectivity index (χ4n) is 5.15. The van der Waals surface area contributed by atoms with Crippen LogP contribution in [0.3, 0.4) is 0 Å². The van der Waals surface area contributed by atoms with Crippen molar-refractivity contribution in [3.63, 3.8) is 0 Å². The van der Waals surface area contributed by atoms with Crippen LogP contribution in [0, 0.1) is 5.92 Å². The van der Waals surface area contributed by atoms with Gasteiger partial charge in [0.05, 0.1) is 25.1 Å². The van der Waals surface area contributed by atoms with E-state index in [4.69, 9.17) is 9.47 Å². The molecule has 0 unspecified atom stereocenters. The molecule has 0 radical (unpaired) electrons. The molecule has 152 valence electrons. The van der Waals surface area contributed by atoms with Gasteiger partial charge in [-0.2, -0.15) is 0 Å².